The van der Waals surface area contributed by atoms with Crippen molar-refractivity contribution in [2.45, 2.75) is 38.5 Å². The summed E-state index contributed by atoms with van der Waals surface area (Å²) in [6, 6.07) is 6.19. The first-order valence-corrected chi connectivity index (χ1v) is 12.8. The highest BCUT2D eigenvalue weighted by Gasteiger charge is 2.32. The summed E-state index contributed by atoms with van der Waals surface area (Å²) in [4.78, 5) is 45.1. The number of nitrogens with zero attached hydrogens (tertiary/aromatic N) is 2. The molecule has 2 aromatic heterocycles. The molecule has 9 nitrogen and oxygen atoms in total. The Morgan fingerprint density at radius 1 is 1.21 bits per heavy atom. The fourth-order valence-corrected chi connectivity index (χ4v) is 5.19. The molecule has 39 heavy (non-hydrogen) atoms. The van der Waals surface area contributed by atoms with Gasteiger partial charge < -0.3 is 26.7 Å². The van der Waals surface area contributed by atoms with Gasteiger partial charge in [0.25, 0.3) is 11.8 Å². The predicted molar refractivity (Wildman–Crippen MR) is 141 cm³/mol. The number of rotatable bonds is 7. The summed E-state index contributed by atoms with van der Waals surface area (Å²) in [5, 5.41) is 12.6. The molecule has 1 aliphatic heterocycles. The second-order valence-corrected chi connectivity index (χ2v) is 10.0. The number of benzene rings is 1. The van der Waals surface area contributed by atoms with Gasteiger partial charge >= 0.3 is 6.18 Å². The third-order valence-corrected chi connectivity index (χ3v) is 7.48. The van der Waals surface area contributed by atoms with Gasteiger partial charge in [0.1, 0.15) is 6.04 Å². The lowest BCUT2D eigenvalue weighted by molar-refractivity contribution is -0.137. The molecule has 1 aliphatic rings. The highest BCUT2D eigenvalue weighted by molar-refractivity contribution is 7.14. The Balaban J connectivity index is 1.42. The molecule has 3 heterocycles. The van der Waals surface area contributed by atoms with E-state index in [-0.39, 0.29) is 23.7 Å². The van der Waals surface area contributed by atoms with Gasteiger partial charge in [-0.2, -0.15) is 13.2 Å². The van der Waals surface area contributed by atoms with Gasteiger partial charge in [0, 0.05) is 47.2 Å². The molecule has 5 N–H and O–H groups in total. The van der Waals surface area contributed by atoms with E-state index in [0.29, 0.717) is 41.7 Å². The molecule has 0 fully saturated rings. The lowest BCUT2D eigenvalue weighted by Gasteiger charge is -2.30. The van der Waals surface area contributed by atoms with Crippen molar-refractivity contribution in [1.82, 2.24) is 15.2 Å². The van der Waals surface area contributed by atoms with E-state index in [1.807, 2.05) is 0 Å². The van der Waals surface area contributed by atoms with Gasteiger partial charge in [0.15, 0.2) is 0 Å². The number of hydrogen-bond donors (Lipinski definition) is 4. The molecule has 4 rings (SSSR count). The summed E-state index contributed by atoms with van der Waals surface area (Å²) in [5.74, 6) is -1.30. The molecule has 0 saturated heterocycles. The summed E-state index contributed by atoms with van der Waals surface area (Å²) in [5.41, 5.74) is 6.54. The number of halogens is 3. The Bertz CT molecular complexity index is 1440. The van der Waals surface area contributed by atoms with Gasteiger partial charge in [0.05, 0.1) is 22.3 Å². The summed E-state index contributed by atoms with van der Waals surface area (Å²) in [6.07, 6.45) is -0.874. The Kier molecular flexibility index (Phi) is 8.00. The minimum Gasteiger partial charge on any atom is -0.398 e. The lowest BCUT2D eigenvalue weighted by Crippen LogP contribution is -2.49. The molecular formula is C26H25F3N6O3S. The van der Waals surface area contributed by atoms with Crippen LogP contribution in [-0.2, 0) is 23.9 Å². The molecule has 0 saturated carbocycles. The zero-order valence-electron chi connectivity index (χ0n) is 20.8. The van der Waals surface area contributed by atoms with E-state index < -0.39 is 29.6 Å². The number of alkyl halides is 3. The molecule has 0 unspecified atom stereocenters. The molecular weight excluding hydrogens is 533 g/mol. The van der Waals surface area contributed by atoms with Crippen molar-refractivity contribution in [2.24, 2.45) is 0 Å². The van der Waals surface area contributed by atoms with Crippen LogP contribution in [-0.4, -0.2) is 46.4 Å². The van der Waals surface area contributed by atoms with Crippen LogP contribution in [0.3, 0.4) is 0 Å². The zero-order valence-corrected chi connectivity index (χ0v) is 21.6. The number of aromatic nitrogens is 1. The minimum absolute atomic E-state index is 0.0756. The van der Waals surface area contributed by atoms with Crippen molar-refractivity contribution < 1.29 is 27.6 Å². The SMILES string of the molecule is CC[C@@H](NC(=O)c1ccc(N)c(C=N)c1)C(=O)N1CCc2sc(C(=O)Nc3cncc(C(F)(F)F)c3)cc2C1. The molecule has 3 aromatic rings. The molecule has 0 spiro atoms. The predicted octanol–water partition coefficient (Wildman–Crippen LogP) is 4.09. The number of nitrogen functional groups attached to an aromatic ring is 1. The van der Waals surface area contributed by atoms with Crippen LogP contribution < -0.4 is 16.4 Å². The van der Waals surface area contributed by atoms with Gasteiger partial charge in [-0.15, -0.1) is 11.3 Å². The number of fused-ring (bicyclic) bond motifs is 1. The first-order chi connectivity index (χ1) is 18.5. The lowest BCUT2D eigenvalue weighted by atomic mass is 10.1. The van der Waals surface area contributed by atoms with Crippen molar-refractivity contribution in [2.75, 3.05) is 17.6 Å². The fraction of sp³-hybridized carbons (Fsp3) is 0.269. The van der Waals surface area contributed by atoms with E-state index in [9.17, 15) is 27.6 Å². The van der Waals surface area contributed by atoms with Crippen molar-refractivity contribution in [1.29, 1.82) is 5.41 Å². The molecule has 13 heteroatoms. The average Bonchev–Trinajstić information content (AvgIpc) is 3.35. The van der Waals surface area contributed by atoms with Crippen LogP contribution in [0.1, 0.15) is 54.9 Å². The van der Waals surface area contributed by atoms with Gasteiger partial charge in [0.2, 0.25) is 5.91 Å². The maximum absolute atomic E-state index is 13.3. The number of pyridine rings is 1. The highest BCUT2D eigenvalue weighted by atomic mass is 32.1. The zero-order chi connectivity index (χ0) is 28.3. The number of carbonyl (C=O) groups is 3. The fourth-order valence-electron chi connectivity index (χ4n) is 4.13. The van der Waals surface area contributed by atoms with E-state index in [2.05, 4.69) is 15.6 Å². The molecule has 0 bridgehead atoms. The Labute approximate surface area is 225 Å². The van der Waals surface area contributed by atoms with Gasteiger partial charge in [-0.1, -0.05) is 6.92 Å². The quantitative estimate of drug-likeness (QED) is 0.255. The molecule has 0 aliphatic carbocycles. The largest absolute Gasteiger partial charge is 0.417 e. The van der Waals surface area contributed by atoms with E-state index in [4.69, 9.17) is 11.1 Å². The number of carbonyl (C=O) groups excluding carboxylic acids is 3. The van der Waals surface area contributed by atoms with Crippen LogP contribution in [0.5, 0.6) is 0 Å². The van der Waals surface area contributed by atoms with E-state index in [0.717, 1.165) is 28.9 Å². The van der Waals surface area contributed by atoms with Crippen molar-refractivity contribution in [3.63, 3.8) is 0 Å². The number of amides is 3. The second kappa shape index (κ2) is 11.2. The van der Waals surface area contributed by atoms with Crippen LogP contribution in [0.25, 0.3) is 0 Å². The molecule has 0 radical (unpaired) electrons. The Morgan fingerprint density at radius 2 is 1.97 bits per heavy atom. The number of anilines is 2. The molecule has 1 aromatic carbocycles. The number of nitrogens with one attached hydrogen (secondary N) is 3. The first kappa shape index (κ1) is 27.8. The van der Waals surface area contributed by atoms with Crippen molar-refractivity contribution >= 4 is 46.6 Å². The summed E-state index contributed by atoms with van der Waals surface area (Å²) >= 11 is 1.22. The molecule has 1 atom stereocenters. The minimum atomic E-state index is -4.58. The van der Waals surface area contributed by atoms with Crippen LogP contribution in [0, 0.1) is 5.41 Å². The van der Waals surface area contributed by atoms with Crippen LogP contribution in [0.2, 0.25) is 0 Å². The monoisotopic (exact) mass is 558 g/mol. The molecule has 3 amide bonds. The van der Waals surface area contributed by atoms with Crippen LogP contribution >= 0.6 is 11.3 Å². The Hall–Kier alpha value is -4.26. The topological polar surface area (TPSA) is 141 Å². The number of thiophene rings is 1. The highest BCUT2D eigenvalue weighted by Crippen LogP contribution is 2.31. The van der Waals surface area contributed by atoms with Gasteiger partial charge in [-0.3, -0.25) is 19.4 Å². The van der Waals surface area contributed by atoms with E-state index in [1.165, 1.54) is 29.5 Å². The summed E-state index contributed by atoms with van der Waals surface area (Å²) < 4.78 is 38.9. The average molecular weight is 559 g/mol. The maximum Gasteiger partial charge on any atom is 0.417 e. The van der Waals surface area contributed by atoms with E-state index in [1.54, 1.807) is 17.9 Å². The third-order valence-electron chi connectivity index (χ3n) is 6.24. The summed E-state index contributed by atoms with van der Waals surface area (Å²) in [6.45, 7) is 2.40. The van der Waals surface area contributed by atoms with Crippen molar-refractivity contribution in [3.05, 3.63) is 74.7 Å². The molecule has 204 valence electrons. The van der Waals surface area contributed by atoms with Gasteiger partial charge in [-0.25, -0.2) is 0 Å². The third kappa shape index (κ3) is 6.25. The smallest absolute Gasteiger partial charge is 0.398 e. The van der Waals surface area contributed by atoms with Gasteiger partial charge in [-0.05, 0) is 48.7 Å². The number of hydrogen-bond acceptors (Lipinski definition) is 7. The normalized spacial score (nSPS) is 13.8. The van der Waals surface area contributed by atoms with Crippen LogP contribution in [0.4, 0.5) is 24.5 Å². The van der Waals surface area contributed by atoms with Crippen LogP contribution in [0.15, 0.2) is 42.7 Å². The first-order valence-electron chi connectivity index (χ1n) is 11.9. The Morgan fingerprint density at radius 3 is 2.67 bits per heavy atom. The number of nitrogens with two attached hydrogens (primary N) is 1. The van der Waals surface area contributed by atoms with E-state index >= 15 is 0 Å². The standard InChI is InChI=1S/C26H25F3N6O3S/c1-2-20(34-23(36)14-3-4-19(31)15(7-14)10-30)25(38)35-6-5-21-16(13-35)8-22(39-21)24(37)33-18-9-17(11-32-12-18)26(27,28)29/h3-4,7-12,20,30H,2,5-6,13,31H2,1H3,(H,33,37)(H,34,36)/t20-/m1/s1. The van der Waals surface area contributed by atoms with Crippen molar-refractivity contribution in [3.8, 4) is 0 Å². The summed E-state index contributed by atoms with van der Waals surface area (Å²) in [7, 11) is 0. The maximum atomic E-state index is 13.3. The second-order valence-electron chi connectivity index (χ2n) is 8.91.